The van der Waals surface area contributed by atoms with Crippen molar-refractivity contribution in [3.63, 3.8) is 0 Å². The zero-order chi connectivity index (χ0) is 17.3. The summed E-state index contributed by atoms with van der Waals surface area (Å²) in [5, 5.41) is 12.7. The Morgan fingerprint density at radius 3 is 2.62 bits per heavy atom. The first-order valence-corrected chi connectivity index (χ1v) is 8.19. The molecule has 0 spiro atoms. The Morgan fingerprint density at radius 2 is 1.92 bits per heavy atom. The van der Waals surface area contributed by atoms with E-state index in [0.717, 1.165) is 10.5 Å². The van der Waals surface area contributed by atoms with Crippen LogP contribution in [0.15, 0.2) is 52.6 Å². The zero-order valence-electron chi connectivity index (χ0n) is 12.3. The molecule has 1 aliphatic rings. The van der Waals surface area contributed by atoms with E-state index < -0.39 is 11.9 Å². The van der Waals surface area contributed by atoms with E-state index in [1.54, 1.807) is 6.07 Å². The topological polar surface area (TPSA) is 69.6 Å². The maximum Gasteiger partial charge on any atom is 0.329 e. The number of hydrogen-bond acceptors (Lipinski definition) is 3. The third kappa shape index (κ3) is 3.29. The Labute approximate surface area is 151 Å². The van der Waals surface area contributed by atoms with E-state index in [1.807, 2.05) is 30.3 Å². The molecule has 0 radical (unpaired) electrons. The molecule has 3 amide bonds. The molecule has 0 bridgehead atoms. The molecule has 3 rings (SSSR count). The average molecular weight is 408 g/mol. The molecule has 0 saturated carbocycles. The SMILES string of the molecule is O=C1N/C(=C\c2cc(Br)cc(Cl)c2O)C(=O)N1Cc1ccccc1. The second-order valence-corrected chi connectivity index (χ2v) is 6.51. The van der Waals surface area contributed by atoms with Gasteiger partial charge in [0.1, 0.15) is 11.4 Å². The molecule has 2 N–H and O–H groups in total. The van der Waals surface area contributed by atoms with Crippen molar-refractivity contribution in [2.45, 2.75) is 6.54 Å². The van der Waals surface area contributed by atoms with Gasteiger partial charge in [0.25, 0.3) is 5.91 Å². The smallest absolute Gasteiger partial charge is 0.329 e. The van der Waals surface area contributed by atoms with E-state index >= 15 is 0 Å². The van der Waals surface area contributed by atoms with E-state index in [0.29, 0.717) is 10.0 Å². The molecule has 1 heterocycles. The highest BCUT2D eigenvalue weighted by atomic mass is 79.9. The van der Waals surface area contributed by atoms with Crippen LogP contribution in [0.1, 0.15) is 11.1 Å². The molecule has 0 unspecified atom stereocenters. The number of nitrogens with zero attached hydrogens (tertiary/aromatic N) is 1. The second kappa shape index (κ2) is 6.67. The van der Waals surface area contributed by atoms with Crippen LogP contribution in [0.3, 0.4) is 0 Å². The maximum absolute atomic E-state index is 12.5. The number of aromatic hydroxyl groups is 1. The molecule has 24 heavy (non-hydrogen) atoms. The van der Waals surface area contributed by atoms with Crippen LogP contribution < -0.4 is 5.32 Å². The maximum atomic E-state index is 12.5. The summed E-state index contributed by atoms with van der Waals surface area (Å²) in [6.45, 7) is 0.175. The molecule has 7 heteroatoms. The molecule has 122 valence electrons. The molecule has 5 nitrogen and oxygen atoms in total. The van der Waals surface area contributed by atoms with Gasteiger partial charge in [-0.1, -0.05) is 57.9 Å². The van der Waals surface area contributed by atoms with E-state index in [4.69, 9.17) is 11.6 Å². The van der Waals surface area contributed by atoms with Crippen LogP contribution in [-0.4, -0.2) is 21.9 Å². The van der Waals surface area contributed by atoms with Crippen LogP contribution in [0.5, 0.6) is 5.75 Å². The normalized spacial score (nSPS) is 15.9. The van der Waals surface area contributed by atoms with Gasteiger partial charge in [-0.25, -0.2) is 4.79 Å². The highest BCUT2D eigenvalue weighted by Gasteiger charge is 2.33. The number of carbonyl (C=O) groups excluding carboxylic acids is 2. The summed E-state index contributed by atoms with van der Waals surface area (Å²) in [4.78, 5) is 25.6. The Balaban J connectivity index is 1.89. The first-order valence-electron chi connectivity index (χ1n) is 7.02. The highest BCUT2D eigenvalue weighted by molar-refractivity contribution is 9.10. The molecule has 2 aromatic rings. The van der Waals surface area contributed by atoms with Gasteiger partial charge in [0.15, 0.2) is 0 Å². The fraction of sp³-hybridized carbons (Fsp3) is 0.0588. The lowest BCUT2D eigenvalue weighted by Crippen LogP contribution is -2.30. The molecule has 0 aliphatic carbocycles. The lowest BCUT2D eigenvalue weighted by molar-refractivity contribution is -0.123. The van der Waals surface area contributed by atoms with Crippen molar-refractivity contribution in [2.75, 3.05) is 0 Å². The second-order valence-electron chi connectivity index (χ2n) is 5.19. The van der Waals surface area contributed by atoms with E-state index in [2.05, 4.69) is 21.2 Å². The molecule has 0 aromatic heterocycles. The Morgan fingerprint density at radius 1 is 1.21 bits per heavy atom. The van der Waals surface area contributed by atoms with Crippen LogP contribution in [0.2, 0.25) is 5.02 Å². The summed E-state index contributed by atoms with van der Waals surface area (Å²) in [5.41, 5.74) is 1.26. The summed E-state index contributed by atoms with van der Waals surface area (Å²) >= 11 is 9.19. The summed E-state index contributed by atoms with van der Waals surface area (Å²) < 4.78 is 0.648. The molecule has 1 saturated heterocycles. The fourth-order valence-corrected chi connectivity index (χ4v) is 3.17. The number of amides is 3. The van der Waals surface area contributed by atoms with Crippen molar-refractivity contribution < 1.29 is 14.7 Å². The van der Waals surface area contributed by atoms with Gasteiger partial charge in [-0.15, -0.1) is 0 Å². The van der Waals surface area contributed by atoms with Crippen LogP contribution in [0, 0.1) is 0 Å². The summed E-state index contributed by atoms with van der Waals surface area (Å²) in [6, 6.07) is 11.8. The largest absolute Gasteiger partial charge is 0.506 e. The lowest BCUT2D eigenvalue weighted by Gasteiger charge is -2.11. The van der Waals surface area contributed by atoms with E-state index in [1.165, 1.54) is 12.1 Å². The van der Waals surface area contributed by atoms with Gasteiger partial charge in [0.05, 0.1) is 11.6 Å². The number of phenols is 1. The predicted octanol–water partition coefficient (Wildman–Crippen LogP) is 3.90. The number of nitrogens with one attached hydrogen (secondary N) is 1. The van der Waals surface area contributed by atoms with Crippen molar-refractivity contribution in [3.05, 3.63) is 68.8 Å². The van der Waals surface area contributed by atoms with Gasteiger partial charge in [0, 0.05) is 10.0 Å². The van der Waals surface area contributed by atoms with Crippen molar-refractivity contribution in [1.29, 1.82) is 0 Å². The minimum atomic E-state index is -0.504. The number of urea groups is 1. The van der Waals surface area contributed by atoms with Gasteiger partial charge >= 0.3 is 6.03 Å². The van der Waals surface area contributed by atoms with Gasteiger partial charge in [-0.05, 0) is 23.8 Å². The van der Waals surface area contributed by atoms with Gasteiger partial charge in [0.2, 0.25) is 0 Å². The minimum absolute atomic E-state index is 0.0837. The predicted molar refractivity (Wildman–Crippen MR) is 94.3 cm³/mol. The number of phenolic OH excluding ortho intramolecular Hbond substituents is 1. The highest BCUT2D eigenvalue weighted by Crippen LogP contribution is 2.33. The van der Waals surface area contributed by atoms with Gasteiger partial charge in [-0.2, -0.15) is 0 Å². The molecule has 0 atom stereocenters. The van der Waals surface area contributed by atoms with Crippen molar-refractivity contribution in [2.24, 2.45) is 0 Å². The van der Waals surface area contributed by atoms with Crippen LogP contribution in [0.4, 0.5) is 4.79 Å². The first kappa shape index (κ1) is 16.5. The third-order valence-electron chi connectivity index (χ3n) is 3.50. The van der Waals surface area contributed by atoms with E-state index in [9.17, 15) is 14.7 Å². The Bertz CT molecular complexity index is 852. The standard InChI is InChI=1S/C17H12BrClN2O3/c18-12-6-11(15(22)13(19)8-12)7-14-16(23)21(17(24)20-14)9-10-4-2-1-3-5-10/h1-8,22H,9H2,(H,20,24)/b14-7-. The van der Waals surface area contributed by atoms with Crippen molar-refractivity contribution in [1.82, 2.24) is 10.2 Å². The van der Waals surface area contributed by atoms with E-state index in [-0.39, 0.29) is 23.0 Å². The number of carbonyl (C=O) groups is 2. The molecule has 1 fully saturated rings. The van der Waals surface area contributed by atoms with Crippen molar-refractivity contribution >= 4 is 45.5 Å². The minimum Gasteiger partial charge on any atom is -0.506 e. The Kier molecular flexibility index (Phi) is 4.59. The average Bonchev–Trinajstić information content (AvgIpc) is 2.81. The molecule has 1 aliphatic heterocycles. The van der Waals surface area contributed by atoms with Crippen LogP contribution in [-0.2, 0) is 11.3 Å². The quantitative estimate of drug-likeness (QED) is 0.599. The number of rotatable bonds is 3. The summed E-state index contributed by atoms with van der Waals surface area (Å²) in [6.07, 6.45) is 1.40. The summed E-state index contributed by atoms with van der Waals surface area (Å²) in [7, 11) is 0. The van der Waals surface area contributed by atoms with Crippen LogP contribution in [0.25, 0.3) is 6.08 Å². The lowest BCUT2D eigenvalue weighted by atomic mass is 10.1. The third-order valence-corrected chi connectivity index (χ3v) is 4.25. The molecular weight excluding hydrogens is 396 g/mol. The van der Waals surface area contributed by atoms with Gasteiger partial charge < -0.3 is 10.4 Å². The molecule has 2 aromatic carbocycles. The number of imide groups is 1. The summed E-state index contributed by atoms with van der Waals surface area (Å²) in [5.74, 6) is -0.615. The van der Waals surface area contributed by atoms with Crippen molar-refractivity contribution in [3.8, 4) is 5.75 Å². The zero-order valence-corrected chi connectivity index (χ0v) is 14.6. The first-order chi connectivity index (χ1) is 11.5. The van der Waals surface area contributed by atoms with Crippen LogP contribution >= 0.6 is 27.5 Å². The number of hydrogen-bond donors (Lipinski definition) is 2. The Hall–Kier alpha value is -2.31. The molecular formula is C17H12BrClN2O3. The monoisotopic (exact) mass is 406 g/mol. The van der Waals surface area contributed by atoms with Gasteiger partial charge in [-0.3, -0.25) is 9.69 Å². The number of benzene rings is 2. The fourth-order valence-electron chi connectivity index (χ4n) is 2.33. The number of halogens is 2.